The van der Waals surface area contributed by atoms with Gasteiger partial charge >= 0.3 is 5.91 Å². The largest absolute Gasteiger partial charge is 0.484 e. The Morgan fingerprint density at radius 1 is 1.14 bits per heavy atom. The highest BCUT2D eigenvalue weighted by Crippen LogP contribution is 2.13. The number of ether oxygens (including phenoxy) is 1. The number of carbonyl (C=O) groups is 2. The molecular weight excluding hydrogens is 340 g/mol. The van der Waals surface area contributed by atoms with Crippen molar-refractivity contribution in [2.45, 2.75) is 6.92 Å². The average Bonchev–Trinajstić information content (AvgIpc) is 2.91. The number of hydrogen-bond donors (Lipinski definition) is 2. The lowest BCUT2D eigenvalue weighted by Crippen LogP contribution is -2.43. The van der Waals surface area contributed by atoms with E-state index in [1.165, 1.54) is 6.07 Å². The molecule has 6 nitrogen and oxygen atoms in total. The number of furan rings is 1. The smallest absolute Gasteiger partial charge is 0.305 e. The molecule has 1 heterocycles. The van der Waals surface area contributed by atoms with Gasteiger partial charge in [0.05, 0.1) is 0 Å². The summed E-state index contributed by atoms with van der Waals surface area (Å²) < 4.78 is 10.7. The van der Waals surface area contributed by atoms with Crippen molar-refractivity contribution in [2.24, 2.45) is 0 Å². The van der Waals surface area contributed by atoms with E-state index in [1.54, 1.807) is 18.2 Å². The SMILES string of the molecule is Cc1ccc(OCC(=O)NNC(=O)c2ccc(Br)o2)cc1. The van der Waals surface area contributed by atoms with Gasteiger partial charge in [-0.25, -0.2) is 0 Å². The third kappa shape index (κ3) is 4.64. The lowest BCUT2D eigenvalue weighted by atomic mass is 10.2. The number of amides is 2. The summed E-state index contributed by atoms with van der Waals surface area (Å²) in [4.78, 5) is 23.1. The van der Waals surface area contributed by atoms with Crippen LogP contribution in [0.2, 0.25) is 0 Å². The van der Waals surface area contributed by atoms with Gasteiger partial charge in [0, 0.05) is 0 Å². The molecule has 0 aliphatic rings. The van der Waals surface area contributed by atoms with Crippen molar-refractivity contribution < 1.29 is 18.7 Å². The molecule has 2 amide bonds. The van der Waals surface area contributed by atoms with Crippen LogP contribution < -0.4 is 15.6 Å². The molecule has 0 aliphatic heterocycles. The first-order valence-corrected chi connectivity index (χ1v) is 6.88. The maximum absolute atomic E-state index is 11.6. The van der Waals surface area contributed by atoms with E-state index < -0.39 is 11.8 Å². The Labute approximate surface area is 129 Å². The number of carbonyl (C=O) groups excluding carboxylic acids is 2. The monoisotopic (exact) mass is 352 g/mol. The fourth-order valence-electron chi connectivity index (χ4n) is 1.44. The van der Waals surface area contributed by atoms with Crippen molar-refractivity contribution in [3.05, 3.63) is 52.4 Å². The summed E-state index contributed by atoms with van der Waals surface area (Å²) in [5.74, 6) is -0.363. The summed E-state index contributed by atoms with van der Waals surface area (Å²) in [7, 11) is 0. The molecule has 0 saturated heterocycles. The van der Waals surface area contributed by atoms with Crippen LogP contribution in [0, 0.1) is 6.92 Å². The van der Waals surface area contributed by atoms with Gasteiger partial charge in [-0.2, -0.15) is 0 Å². The summed E-state index contributed by atoms with van der Waals surface area (Å²) in [6.07, 6.45) is 0. The zero-order valence-electron chi connectivity index (χ0n) is 11.2. The normalized spacial score (nSPS) is 10.0. The summed E-state index contributed by atoms with van der Waals surface area (Å²) >= 11 is 3.08. The van der Waals surface area contributed by atoms with Gasteiger partial charge < -0.3 is 9.15 Å². The molecule has 0 aliphatic carbocycles. The van der Waals surface area contributed by atoms with E-state index >= 15 is 0 Å². The molecule has 2 N–H and O–H groups in total. The van der Waals surface area contributed by atoms with Crippen LogP contribution in [0.5, 0.6) is 5.75 Å². The number of benzene rings is 1. The Morgan fingerprint density at radius 2 is 1.86 bits per heavy atom. The predicted molar refractivity (Wildman–Crippen MR) is 78.7 cm³/mol. The molecule has 0 atom stereocenters. The molecule has 110 valence electrons. The third-order valence-corrected chi connectivity index (χ3v) is 2.93. The minimum Gasteiger partial charge on any atom is -0.484 e. The first-order chi connectivity index (χ1) is 10.0. The molecule has 21 heavy (non-hydrogen) atoms. The standard InChI is InChI=1S/C14H13BrN2O4/c1-9-2-4-10(5-3-9)20-8-13(18)16-17-14(19)11-6-7-12(15)21-11/h2-7H,8H2,1H3,(H,16,18)(H,17,19). The highest BCUT2D eigenvalue weighted by molar-refractivity contribution is 9.10. The number of halogens is 1. The second-order valence-corrected chi connectivity index (χ2v) is 4.99. The first kappa shape index (κ1) is 15.1. The van der Waals surface area contributed by atoms with Crippen molar-refractivity contribution in [3.63, 3.8) is 0 Å². The van der Waals surface area contributed by atoms with Crippen LogP contribution in [0.3, 0.4) is 0 Å². The lowest BCUT2D eigenvalue weighted by Gasteiger charge is -2.08. The molecule has 1 aromatic heterocycles. The Kier molecular flexibility index (Phi) is 4.99. The van der Waals surface area contributed by atoms with Crippen molar-refractivity contribution in [1.82, 2.24) is 10.9 Å². The quantitative estimate of drug-likeness (QED) is 0.826. The number of nitrogens with one attached hydrogen (secondary N) is 2. The van der Waals surface area contributed by atoms with E-state index in [4.69, 9.17) is 9.15 Å². The number of hydrazine groups is 1. The fraction of sp³-hybridized carbons (Fsp3) is 0.143. The van der Waals surface area contributed by atoms with Crippen molar-refractivity contribution in [2.75, 3.05) is 6.61 Å². The molecular formula is C14H13BrN2O4. The van der Waals surface area contributed by atoms with Crippen LogP contribution in [0.25, 0.3) is 0 Å². The molecule has 0 radical (unpaired) electrons. The molecule has 0 saturated carbocycles. The molecule has 2 rings (SSSR count). The Balaban J connectivity index is 1.74. The molecule has 0 bridgehead atoms. The van der Waals surface area contributed by atoms with Gasteiger partial charge in [-0.3, -0.25) is 20.4 Å². The molecule has 0 spiro atoms. The van der Waals surface area contributed by atoms with E-state index in [0.717, 1.165) is 5.56 Å². The first-order valence-electron chi connectivity index (χ1n) is 6.08. The Bertz CT molecular complexity index is 637. The van der Waals surface area contributed by atoms with Gasteiger partial charge in [0.2, 0.25) is 0 Å². The van der Waals surface area contributed by atoms with E-state index in [2.05, 4.69) is 26.8 Å². The van der Waals surface area contributed by atoms with Crippen molar-refractivity contribution >= 4 is 27.7 Å². The lowest BCUT2D eigenvalue weighted by molar-refractivity contribution is -0.123. The summed E-state index contributed by atoms with van der Waals surface area (Å²) in [5, 5.41) is 0. The number of aryl methyl sites for hydroxylation is 1. The van der Waals surface area contributed by atoms with Crippen molar-refractivity contribution in [1.29, 1.82) is 0 Å². The van der Waals surface area contributed by atoms with Gasteiger partial charge in [-0.1, -0.05) is 17.7 Å². The molecule has 0 fully saturated rings. The van der Waals surface area contributed by atoms with Gasteiger partial charge in [-0.15, -0.1) is 0 Å². The highest BCUT2D eigenvalue weighted by atomic mass is 79.9. The van der Waals surface area contributed by atoms with Crippen LogP contribution in [-0.2, 0) is 4.79 Å². The molecule has 2 aromatic rings. The maximum Gasteiger partial charge on any atom is 0.305 e. The molecule has 0 unspecified atom stereocenters. The van der Waals surface area contributed by atoms with Gasteiger partial charge in [0.1, 0.15) is 5.75 Å². The van der Waals surface area contributed by atoms with Crippen LogP contribution in [0.15, 0.2) is 45.5 Å². The van der Waals surface area contributed by atoms with E-state index in [1.807, 2.05) is 19.1 Å². The van der Waals surface area contributed by atoms with Gasteiger partial charge in [0.25, 0.3) is 5.91 Å². The average molecular weight is 353 g/mol. The second kappa shape index (κ2) is 6.94. The van der Waals surface area contributed by atoms with Gasteiger partial charge in [-0.05, 0) is 47.1 Å². The van der Waals surface area contributed by atoms with Crippen LogP contribution in [0.1, 0.15) is 16.1 Å². The number of hydrogen-bond acceptors (Lipinski definition) is 4. The Morgan fingerprint density at radius 3 is 2.48 bits per heavy atom. The van der Waals surface area contributed by atoms with Crippen molar-refractivity contribution in [3.8, 4) is 5.75 Å². The van der Waals surface area contributed by atoms with Crippen LogP contribution >= 0.6 is 15.9 Å². The zero-order valence-corrected chi connectivity index (χ0v) is 12.8. The maximum atomic E-state index is 11.6. The van der Waals surface area contributed by atoms with E-state index in [-0.39, 0.29) is 12.4 Å². The fourth-order valence-corrected chi connectivity index (χ4v) is 1.75. The Hall–Kier alpha value is -2.28. The summed E-state index contributed by atoms with van der Waals surface area (Å²) in [6.45, 7) is 1.75. The minimum atomic E-state index is -0.551. The van der Waals surface area contributed by atoms with E-state index in [0.29, 0.717) is 10.4 Å². The van der Waals surface area contributed by atoms with Crippen LogP contribution in [0.4, 0.5) is 0 Å². The minimum absolute atomic E-state index is 0.0848. The summed E-state index contributed by atoms with van der Waals surface area (Å²) in [6, 6.07) is 10.3. The topological polar surface area (TPSA) is 80.6 Å². The van der Waals surface area contributed by atoms with Gasteiger partial charge in [0.15, 0.2) is 17.0 Å². The predicted octanol–water partition coefficient (Wildman–Crippen LogP) is 2.19. The zero-order chi connectivity index (χ0) is 15.2. The summed E-state index contributed by atoms with van der Waals surface area (Å²) in [5.41, 5.74) is 5.56. The molecule has 7 heteroatoms. The number of rotatable bonds is 4. The second-order valence-electron chi connectivity index (χ2n) is 4.21. The highest BCUT2D eigenvalue weighted by Gasteiger charge is 2.11. The molecule has 1 aromatic carbocycles. The van der Waals surface area contributed by atoms with Crippen LogP contribution in [-0.4, -0.2) is 18.4 Å². The third-order valence-electron chi connectivity index (χ3n) is 2.50. The van der Waals surface area contributed by atoms with E-state index in [9.17, 15) is 9.59 Å².